The molecule has 0 fully saturated rings. The number of benzene rings is 3. The van der Waals surface area contributed by atoms with Gasteiger partial charge in [-0.25, -0.2) is 4.39 Å². The Morgan fingerprint density at radius 1 is 0.969 bits per heavy atom. The minimum Gasteiger partial charge on any atom is -0.508 e. The summed E-state index contributed by atoms with van der Waals surface area (Å²) in [5.41, 5.74) is 2.79. The molecule has 3 aromatic rings. The molecule has 3 rings (SSSR count). The molecule has 0 unspecified atom stereocenters. The molecule has 3 aromatic carbocycles. The molecule has 0 saturated heterocycles. The Labute approximate surface area is 195 Å². The van der Waals surface area contributed by atoms with Crippen molar-refractivity contribution in [1.29, 1.82) is 0 Å². The molecule has 0 aliphatic carbocycles. The highest BCUT2D eigenvalue weighted by atomic mass is 35.5. The molecule has 0 aromatic heterocycles. The second-order valence-corrected chi connectivity index (χ2v) is 7.68. The molecule has 0 radical (unpaired) electrons. The highest BCUT2D eigenvalue weighted by Gasteiger charge is 2.22. The lowest BCUT2D eigenvalue weighted by atomic mass is 9.92. The number of aliphatic hydroxyl groups is 1. The average molecular weight is 479 g/mol. The van der Waals surface area contributed by atoms with Crippen LogP contribution in [-0.4, -0.2) is 31.0 Å². The summed E-state index contributed by atoms with van der Waals surface area (Å²) in [7, 11) is 2.98. The molecule has 32 heavy (non-hydrogen) atoms. The Hall–Kier alpha value is -2.93. The fourth-order valence-electron chi connectivity index (χ4n) is 3.38. The van der Waals surface area contributed by atoms with Gasteiger partial charge in [0.1, 0.15) is 28.3 Å². The Bertz CT molecular complexity index is 1130. The van der Waals surface area contributed by atoms with Gasteiger partial charge >= 0.3 is 0 Å². The minimum absolute atomic E-state index is 0.0129. The normalized spacial score (nSPS) is 10.6. The number of hydrogen-bond donors (Lipinski definition) is 2. The lowest BCUT2D eigenvalue weighted by Crippen LogP contribution is -2.02. The van der Waals surface area contributed by atoms with Crippen LogP contribution in [0.25, 0.3) is 22.3 Å². The molecule has 0 heterocycles. The van der Waals surface area contributed by atoms with Gasteiger partial charge in [-0.2, -0.15) is 0 Å². The molecular weight excluding hydrogens is 458 g/mol. The molecule has 0 aliphatic rings. The van der Waals surface area contributed by atoms with Gasteiger partial charge in [-0.3, -0.25) is 0 Å². The Balaban J connectivity index is 2.13. The highest BCUT2D eigenvalue weighted by molar-refractivity contribution is 6.55. The smallest absolute Gasteiger partial charge is 0.165 e. The second-order valence-electron chi connectivity index (χ2n) is 6.67. The van der Waals surface area contributed by atoms with E-state index >= 15 is 0 Å². The number of phenolic OH excluding ortho intramolecular Hbond substituents is 1. The Morgan fingerprint density at radius 3 is 2.22 bits per heavy atom. The third-order valence-electron chi connectivity index (χ3n) is 4.80. The number of aliphatic hydroxyl groups excluding tert-OH is 1. The van der Waals surface area contributed by atoms with E-state index in [0.717, 1.165) is 5.56 Å². The van der Waals surface area contributed by atoms with Crippen molar-refractivity contribution in [3.63, 3.8) is 0 Å². The summed E-state index contributed by atoms with van der Waals surface area (Å²) in [6, 6.07) is 12.7. The fraction of sp³-hybridized carbons (Fsp3) is 0.167. The van der Waals surface area contributed by atoms with Gasteiger partial charge in [0.25, 0.3) is 0 Å². The zero-order valence-corrected chi connectivity index (χ0v) is 18.9. The second kappa shape index (κ2) is 10.6. The molecule has 168 valence electrons. The van der Waals surface area contributed by atoms with Crippen molar-refractivity contribution in [2.24, 2.45) is 0 Å². The number of rotatable bonds is 8. The number of aromatic hydroxyl groups is 1. The lowest BCUT2D eigenvalue weighted by Gasteiger charge is -2.20. The van der Waals surface area contributed by atoms with Gasteiger partial charge < -0.3 is 24.4 Å². The van der Waals surface area contributed by atoms with Crippen molar-refractivity contribution < 1.29 is 28.8 Å². The molecule has 5 nitrogen and oxygen atoms in total. The molecule has 0 amide bonds. The zero-order valence-electron chi connectivity index (χ0n) is 17.4. The molecule has 0 saturated carbocycles. The van der Waals surface area contributed by atoms with Crippen LogP contribution in [0.3, 0.4) is 0 Å². The number of methoxy groups -OCH3 is 2. The summed E-state index contributed by atoms with van der Waals surface area (Å²) < 4.78 is 31.3. The van der Waals surface area contributed by atoms with Crippen LogP contribution >= 0.6 is 23.2 Å². The van der Waals surface area contributed by atoms with Gasteiger partial charge in [-0.15, -0.1) is 0 Å². The van der Waals surface area contributed by atoms with E-state index in [0.29, 0.717) is 33.8 Å². The quantitative estimate of drug-likeness (QED) is 0.411. The van der Waals surface area contributed by atoms with Crippen molar-refractivity contribution in [3.05, 3.63) is 70.5 Å². The predicted molar refractivity (Wildman–Crippen MR) is 123 cm³/mol. The number of halogens is 3. The summed E-state index contributed by atoms with van der Waals surface area (Å²) in [4.78, 5) is 0. The summed E-state index contributed by atoms with van der Waals surface area (Å²) in [6.45, 7) is -0.362. The third kappa shape index (κ3) is 5.10. The summed E-state index contributed by atoms with van der Waals surface area (Å²) in [6.07, 6.45) is 1.40. The van der Waals surface area contributed by atoms with Crippen LogP contribution in [0, 0.1) is 5.82 Å². The first kappa shape index (κ1) is 23.7. The first-order valence-corrected chi connectivity index (χ1v) is 10.3. The molecule has 0 bridgehead atoms. The first-order chi connectivity index (χ1) is 15.4. The SMILES string of the molecule is COc1cc(-c2ccc(O)cc2)c(OC)c(CO)c1-c1ccc(OCC=C(Cl)Cl)c(F)c1. The van der Waals surface area contributed by atoms with E-state index < -0.39 is 5.82 Å². The van der Waals surface area contributed by atoms with E-state index in [1.165, 1.54) is 32.4 Å². The monoisotopic (exact) mass is 478 g/mol. The van der Waals surface area contributed by atoms with Gasteiger partial charge in [-0.05, 0) is 47.5 Å². The molecule has 8 heteroatoms. The predicted octanol–water partition coefficient (Wildman–Crippen LogP) is 6.07. The van der Waals surface area contributed by atoms with Crippen LogP contribution < -0.4 is 14.2 Å². The van der Waals surface area contributed by atoms with E-state index in [1.807, 2.05) is 0 Å². The van der Waals surface area contributed by atoms with Crippen LogP contribution in [0.2, 0.25) is 0 Å². The molecule has 0 spiro atoms. The lowest BCUT2D eigenvalue weighted by molar-refractivity contribution is 0.273. The Morgan fingerprint density at radius 2 is 1.66 bits per heavy atom. The third-order valence-corrected chi connectivity index (χ3v) is 5.11. The van der Waals surface area contributed by atoms with Gasteiger partial charge in [0.05, 0.1) is 20.8 Å². The number of phenols is 1. The van der Waals surface area contributed by atoms with Crippen molar-refractivity contribution in [1.82, 2.24) is 0 Å². The largest absolute Gasteiger partial charge is 0.508 e. The van der Waals surface area contributed by atoms with Gasteiger partial charge in [0.2, 0.25) is 0 Å². The first-order valence-electron chi connectivity index (χ1n) is 9.51. The zero-order chi connectivity index (χ0) is 23.3. The maximum atomic E-state index is 14.7. The maximum absolute atomic E-state index is 14.7. The van der Waals surface area contributed by atoms with Gasteiger partial charge in [0.15, 0.2) is 11.6 Å². The van der Waals surface area contributed by atoms with Crippen molar-refractivity contribution in [3.8, 4) is 45.3 Å². The Kier molecular flexibility index (Phi) is 7.85. The van der Waals surface area contributed by atoms with E-state index in [-0.39, 0.29) is 29.2 Å². The molecular formula is C24H21Cl2FO5. The fourth-order valence-corrected chi connectivity index (χ4v) is 3.50. The maximum Gasteiger partial charge on any atom is 0.165 e. The summed E-state index contributed by atoms with van der Waals surface area (Å²) in [5, 5.41) is 19.8. The van der Waals surface area contributed by atoms with Crippen LogP contribution in [0.15, 0.2) is 59.1 Å². The van der Waals surface area contributed by atoms with E-state index in [9.17, 15) is 14.6 Å². The van der Waals surface area contributed by atoms with Gasteiger partial charge in [0, 0.05) is 16.7 Å². The molecule has 0 aliphatic heterocycles. The standard InChI is InChI=1S/C24H21Cl2FO5/c1-30-21-12-17(14-3-6-16(29)7-4-14)24(31-2)18(13-28)23(21)15-5-8-20(19(27)11-15)32-10-9-22(25)26/h3-9,11-12,28-29H,10,13H2,1-2H3. The van der Waals surface area contributed by atoms with E-state index in [2.05, 4.69) is 0 Å². The average Bonchev–Trinajstić information content (AvgIpc) is 2.78. The number of ether oxygens (including phenoxy) is 3. The van der Waals surface area contributed by atoms with Crippen LogP contribution in [0.4, 0.5) is 4.39 Å². The van der Waals surface area contributed by atoms with E-state index in [4.69, 9.17) is 37.4 Å². The van der Waals surface area contributed by atoms with Gasteiger partial charge in [-0.1, -0.05) is 41.4 Å². The van der Waals surface area contributed by atoms with Crippen LogP contribution in [-0.2, 0) is 6.61 Å². The summed E-state index contributed by atoms with van der Waals surface area (Å²) >= 11 is 11.1. The van der Waals surface area contributed by atoms with E-state index in [1.54, 1.807) is 36.4 Å². The summed E-state index contributed by atoms with van der Waals surface area (Å²) in [5.74, 6) is 0.380. The highest BCUT2D eigenvalue weighted by Crippen LogP contribution is 2.45. The topological polar surface area (TPSA) is 68.2 Å². The van der Waals surface area contributed by atoms with Crippen LogP contribution in [0.5, 0.6) is 23.0 Å². The van der Waals surface area contributed by atoms with Crippen molar-refractivity contribution >= 4 is 23.2 Å². The van der Waals surface area contributed by atoms with Crippen molar-refractivity contribution in [2.45, 2.75) is 6.61 Å². The van der Waals surface area contributed by atoms with Crippen LogP contribution in [0.1, 0.15) is 5.56 Å². The number of hydrogen-bond acceptors (Lipinski definition) is 5. The molecule has 2 N–H and O–H groups in total. The minimum atomic E-state index is -0.603. The molecule has 0 atom stereocenters. The van der Waals surface area contributed by atoms with Crippen molar-refractivity contribution in [2.75, 3.05) is 20.8 Å².